The van der Waals surface area contributed by atoms with Crippen molar-refractivity contribution in [2.75, 3.05) is 6.54 Å². The lowest BCUT2D eigenvalue weighted by molar-refractivity contribution is -0.126. The van der Waals surface area contributed by atoms with Gasteiger partial charge < -0.3 is 14.3 Å². The van der Waals surface area contributed by atoms with Crippen LogP contribution in [0.4, 0.5) is 0 Å². The van der Waals surface area contributed by atoms with Crippen molar-refractivity contribution in [2.45, 2.75) is 20.4 Å². The second-order valence-corrected chi connectivity index (χ2v) is 5.66. The maximum Gasteiger partial charge on any atom is 0.258 e. The van der Waals surface area contributed by atoms with Gasteiger partial charge in [0.1, 0.15) is 17.3 Å². The van der Waals surface area contributed by atoms with Gasteiger partial charge in [-0.3, -0.25) is 9.59 Å². The van der Waals surface area contributed by atoms with Gasteiger partial charge in [-0.25, -0.2) is 4.98 Å². The van der Waals surface area contributed by atoms with Crippen LogP contribution < -0.4 is 5.56 Å². The molecule has 1 N–H and O–H groups in total. The fourth-order valence-corrected chi connectivity index (χ4v) is 2.54. The molecule has 25 heavy (non-hydrogen) atoms. The highest BCUT2D eigenvalue weighted by atomic mass is 16.3. The van der Waals surface area contributed by atoms with E-state index >= 15 is 0 Å². The maximum absolute atomic E-state index is 12.4. The average molecular weight is 337 g/mol. The van der Waals surface area contributed by atoms with Crippen LogP contribution in [0, 0.1) is 6.92 Å². The summed E-state index contributed by atoms with van der Waals surface area (Å²) in [6.45, 7) is 4.45. The zero-order valence-electron chi connectivity index (χ0n) is 14.2. The van der Waals surface area contributed by atoms with Gasteiger partial charge in [-0.1, -0.05) is 12.1 Å². The van der Waals surface area contributed by atoms with Gasteiger partial charge in [0, 0.05) is 12.6 Å². The lowest BCUT2D eigenvalue weighted by Gasteiger charge is -2.18. The molecule has 0 spiro atoms. The summed E-state index contributed by atoms with van der Waals surface area (Å²) in [6, 6.07) is 10.8. The van der Waals surface area contributed by atoms with Gasteiger partial charge >= 0.3 is 0 Å². The van der Waals surface area contributed by atoms with Crippen LogP contribution in [-0.2, 0) is 11.3 Å². The average Bonchev–Trinajstić information content (AvgIpc) is 3.03. The fourth-order valence-electron chi connectivity index (χ4n) is 2.54. The molecule has 0 aliphatic heterocycles. The zero-order chi connectivity index (χ0) is 17.8. The molecule has 0 radical (unpaired) electrons. The number of hydrogen-bond acceptors (Lipinski definition) is 4. The Balaban J connectivity index is 1.78. The second kappa shape index (κ2) is 7.17. The van der Waals surface area contributed by atoms with Crippen molar-refractivity contribution in [1.29, 1.82) is 0 Å². The number of aromatic nitrogens is 2. The molecule has 128 valence electrons. The Morgan fingerprint density at radius 1 is 1.28 bits per heavy atom. The minimum Gasteiger partial charge on any atom is -0.462 e. The van der Waals surface area contributed by atoms with Crippen molar-refractivity contribution in [3.63, 3.8) is 0 Å². The maximum atomic E-state index is 12.4. The van der Waals surface area contributed by atoms with E-state index in [4.69, 9.17) is 4.42 Å². The molecule has 2 aromatic heterocycles. The summed E-state index contributed by atoms with van der Waals surface area (Å²) >= 11 is 0. The number of para-hydroxylation sites is 1. The zero-order valence-corrected chi connectivity index (χ0v) is 14.2. The number of H-pyrrole nitrogens is 1. The molecular weight excluding hydrogens is 318 g/mol. The minimum atomic E-state index is -0.203. The Labute approximate surface area is 144 Å². The van der Waals surface area contributed by atoms with Crippen LogP contribution in [0.15, 0.2) is 51.7 Å². The number of nitrogens with one attached hydrogen (secondary N) is 1. The number of carbonyl (C=O) groups is 1. The molecule has 6 nitrogen and oxygen atoms in total. The topological polar surface area (TPSA) is 79.2 Å². The first-order valence-electron chi connectivity index (χ1n) is 8.08. The number of rotatable bonds is 5. The van der Waals surface area contributed by atoms with E-state index < -0.39 is 0 Å². The van der Waals surface area contributed by atoms with Crippen molar-refractivity contribution in [3.8, 4) is 0 Å². The van der Waals surface area contributed by atoms with Crippen LogP contribution in [0.2, 0.25) is 0 Å². The first kappa shape index (κ1) is 16.7. The van der Waals surface area contributed by atoms with Crippen LogP contribution in [0.1, 0.15) is 24.3 Å². The van der Waals surface area contributed by atoms with Gasteiger partial charge in [-0.2, -0.15) is 0 Å². The first-order chi connectivity index (χ1) is 12.1. The van der Waals surface area contributed by atoms with Crippen molar-refractivity contribution >= 4 is 22.9 Å². The highest BCUT2D eigenvalue weighted by molar-refractivity contribution is 5.91. The monoisotopic (exact) mass is 337 g/mol. The minimum absolute atomic E-state index is 0.174. The third kappa shape index (κ3) is 3.85. The summed E-state index contributed by atoms with van der Waals surface area (Å²) in [5.74, 6) is 1.70. The van der Waals surface area contributed by atoms with E-state index in [9.17, 15) is 9.59 Å². The summed E-state index contributed by atoms with van der Waals surface area (Å²) in [7, 11) is 0. The molecule has 1 aromatic carbocycles. The van der Waals surface area contributed by atoms with Crippen LogP contribution >= 0.6 is 0 Å². The first-order valence-corrected chi connectivity index (χ1v) is 8.08. The molecular formula is C19H19N3O3. The number of benzene rings is 1. The molecule has 3 rings (SSSR count). The quantitative estimate of drug-likeness (QED) is 0.726. The molecule has 0 bridgehead atoms. The number of likely N-dealkylation sites (N-methyl/N-ethyl adjacent to an activating group) is 1. The third-order valence-corrected chi connectivity index (χ3v) is 3.85. The summed E-state index contributed by atoms with van der Waals surface area (Å²) in [5, 5.41) is 0.536. The smallest absolute Gasteiger partial charge is 0.258 e. The van der Waals surface area contributed by atoms with E-state index in [1.54, 1.807) is 35.2 Å². The highest BCUT2D eigenvalue weighted by Gasteiger charge is 2.12. The Bertz CT molecular complexity index is 985. The molecule has 1 amide bonds. The second-order valence-electron chi connectivity index (χ2n) is 5.66. The number of nitrogens with zero attached hydrogens (tertiary/aromatic N) is 2. The fraction of sp³-hybridized carbons (Fsp3) is 0.211. The number of hydrogen-bond donors (Lipinski definition) is 1. The van der Waals surface area contributed by atoms with Crippen LogP contribution in [0.25, 0.3) is 17.0 Å². The predicted octanol–water partition coefficient (Wildman–Crippen LogP) is 2.89. The Kier molecular flexibility index (Phi) is 4.79. The third-order valence-electron chi connectivity index (χ3n) is 3.85. The van der Waals surface area contributed by atoms with E-state index in [-0.39, 0.29) is 18.0 Å². The van der Waals surface area contributed by atoms with Gasteiger partial charge in [0.2, 0.25) is 5.91 Å². The molecule has 0 aliphatic carbocycles. The molecule has 0 saturated heterocycles. The van der Waals surface area contributed by atoms with Gasteiger partial charge in [0.15, 0.2) is 0 Å². The molecule has 0 saturated carbocycles. The summed E-state index contributed by atoms with van der Waals surface area (Å²) in [5.41, 5.74) is 0.414. The van der Waals surface area contributed by atoms with Gasteiger partial charge in [0.05, 0.1) is 17.4 Å². The van der Waals surface area contributed by atoms with E-state index in [0.717, 1.165) is 5.76 Å². The molecule has 6 heteroatoms. The van der Waals surface area contributed by atoms with Gasteiger partial charge in [-0.05, 0) is 44.2 Å². The number of carbonyl (C=O) groups excluding carboxylic acids is 1. The summed E-state index contributed by atoms with van der Waals surface area (Å²) in [6.07, 6.45) is 3.09. The lowest BCUT2D eigenvalue weighted by Crippen LogP contribution is -2.30. The van der Waals surface area contributed by atoms with Crippen molar-refractivity contribution in [1.82, 2.24) is 14.9 Å². The lowest BCUT2D eigenvalue weighted by atomic mass is 10.2. The largest absolute Gasteiger partial charge is 0.462 e. The molecule has 0 aliphatic rings. The Morgan fingerprint density at radius 2 is 2.08 bits per heavy atom. The predicted molar refractivity (Wildman–Crippen MR) is 95.9 cm³/mol. The highest BCUT2D eigenvalue weighted by Crippen LogP contribution is 2.10. The molecule has 2 heterocycles. The molecule has 3 aromatic rings. The van der Waals surface area contributed by atoms with E-state index in [0.29, 0.717) is 29.0 Å². The van der Waals surface area contributed by atoms with Gasteiger partial charge in [-0.15, -0.1) is 0 Å². The molecule has 0 fully saturated rings. The Morgan fingerprint density at radius 3 is 2.80 bits per heavy atom. The van der Waals surface area contributed by atoms with Crippen molar-refractivity contribution in [3.05, 3.63) is 70.2 Å². The van der Waals surface area contributed by atoms with Gasteiger partial charge in [0.25, 0.3) is 5.56 Å². The molecule has 0 atom stereocenters. The number of amides is 1. The van der Waals surface area contributed by atoms with Crippen LogP contribution in [-0.4, -0.2) is 27.3 Å². The number of aromatic amines is 1. The van der Waals surface area contributed by atoms with Crippen molar-refractivity contribution in [2.24, 2.45) is 0 Å². The van der Waals surface area contributed by atoms with E-state index in [2.05, 4.69) is 9.97 Å². The Hall–Kier alpha value is -3.15. The van der Waals surface area contributed by atoms with E-state index in [1.807, 2.05) is 26.0 Å². The number of furan rings is 1. The summed E-state index contributed by atoms with van der Waals surface area (Å²) < 4.78 is 5.41. The van der Waals surface area contributed by atoms with E-state index in [1.165, 1.54) is 6.08 Å². The number of fused-ring (bicyclic) bond motifs is 1. The standard InChI is InChI=1S/C19H19N3O3/c1-3-22(18(23)11-10-14-9-8-13(2)25-14)12-17-20-16-7-5-4-6-15(16)19(24)21-17/h4-11H,3,12H2,1-2H3,(H,20,21,24)/b11-10+. The van der Waals surface area contributed by atoms with Crippen LogP contribution in [0.3, 0.4) is 0 Å². The van der Waals surface area contributed by atoms with Crippen LogP contribution in [0.5, 0.6) is 0 Å². The summed E-state index contributed by atoms with van der Waals surface area (Å²) in [4.78, 5) is 33.3. The number of aryl methyl sites for hydroxylation is 1. The van der Waals surface area contributed by atoms with Crippen molar-refractivity contribution < 1.29 is 9.21 Å². The SMILES string of the molecule is CCN(Cc1nc2ccccc2c(=O)[nH]1)C(=O)/C=C/c1ccc(C)o1. The molecule has 0 unspecified atom stereocenters. The normalized spacial score (nSPS) is 11.3.